The Morgan fingerprint density at radius 1 is 1.18 bits per heavy atom. The van der Waals surface area contributed by atoms with Crippen LogP contribution in [-0.2, 0) is 0 Å². The molecule has 0 aliphatic heterocycles. The highest BCUT2D eigenvalue weighted by atomic mass is 35.5. The fraction of sp³-hybridized carbons (Fsp3) is 0.0588. The largest absolute Gasteiger partial charge is 0.497 e. The number of benzene rings is 2. The molecule has 0 atom stereocenters. The first-order valence-electron chi connectivity index (χ1n) is 6.68. The maximum Gasteiger partial charge on any atom is 0.275 e. The molecule has 1 heterocycles. The second kappa shape index (κ2) is 6.03. The molecule has 1 N–H and O–H groups in total. The molecule has 3 aromatic rings. The van der Waals surface area contributed by atoms with E-state index in [9.17, 15) is 4.79 Å². The van der Waals surface area contributed by atoms with Gasteiger partial charge in [-0.3, -0.25) is 4.79 Å². The van der Waals surface area contributed by atoms with Crippen molar-refractivity contribution >= 4 is 33.7 Å². The Morgan fingerprint density at radius 3 is 2.64 bits per heavy atom. The summed E-state index contributed by atoms with van der Waals surface area (Å²) in [6, 6.07) is 14.7. The van der Waals surface area contributed by atoms with Crippen LogP contribution in [0.3, 0.4) is 0 Å². The molecule has 0 radical (unpaired) electrons. The average molecular weight is 313 g/mol. The zero-order valence-corrected chi connectivity index (χ0v) is 12.6. The summed E-state index contributed by atoms with van der Waals surface area (Å²) >= 11 is 6.27. The summed E-state index contributed by atoms with van der Waals surface area (Å²) in [5.74, 6) is 0.759. The highest BCUT2D eigenvalue weighted by Gasteiger charge is 2.08. The molecule has 0 saturated carbocycles. The predicted octanol–water partition coefficient (Wildman–Crippen LogP) is 3.67. The van der Waals surface area contributed by atoms with Gasteiger partial charge in [-0.25, -0.2) is 4.98 Å². The third-order valence-corrected chi connectivity index (χ3v) is 3.52. The molecule has 0 spiro atoms. The molecule has 0 amide bonds. The Kier molecular flexibility index (Phi) is 3.94. The smallest absolute Gasteiger partial charge is 0.275 e. The third-order valence-electron chi connectivity index (χ3n) is 3.23. The molecule has 4 nitrogen and oxygen atoms in total. The number of fused-ring (bicyclic) bond motifs is 1. The third kappa shape index (κ3) is 2.87. The monoisotopic (exact) mass is 312 g/mol. The molecule has 110 valence electrons. The Bertz CT molecular complexity index is 898. The number of hydrogen-bond acceptors (Lipinski definition) is 3. The van der Waals surface area contributed by atoms with Crippen LogP contribution in [0.25, 0.3) is 22.1 Å². The van der Waals surface area contributed by atoms with Gasteiger partial charge >= 0.3 is 0 Å². The summed E-state index contributed by atoms with van der Waals surface area (Å²) in [5.41, 5.74) is 2.13. The van der Waals surface area contributed by atoms with E-state index in [4.69, 9.17) is 16.3 Å². The molecule has 1 aromatic heterocycles. The van der Waals surface area contributed by atoms with E-state index in [0.29, 0.717) is 11.0 Å². The lowest BCUT2D eigenvalue weighted by atomic mass is 10.2. The standard InChI is InChI=1S/C17H13ClN2O2/c1-22-12-8-6-11(7-9-12)10-13(18)16-17(21)20-15-5-3-2-4-14(15)19-16/h2-10H,1H3,(H,20,21)/b13-10+. The normalized spacial score (nSPS) is 11.6. The molecular formula is C17H13ClN2O2. The van der Waals surface area contributed by atoms with Crippen molar-refractivity contribution in [2.75, 3.05) is 7.11 Å². The van der Waals surface area contributed by atoms with E-state index in [1.807, 2.05) is 42.5 Å². The lowest BCUT2D eigenvalue weighted by Gasteiger charge is -2.03. The van der Waals surface area contributed by atoms with Crippen LogP contribution >= 0.6 is 11.6 Å². The van der Waals surface area contributed by atoms with Crippen LogP contribution in [0, 0.1) is 0 Å². The van der Waals surface area contributed by atoms with E-state index < -0.39 is 0 Å². The number of ether oxygens (including phenoxy) is 1. The van der Waals surface area contributed by atoms with E-state index >= 15 is 0 Å². The number of methoxy groups -OCH3 is 1. The number of H-pyrrole nitrogens is 1. The fourth-order valence-electron chi connectivity index (χ4n) is 2.11. The second-order valence-corrected chi connectivity index (χ2v) is 5.10. The van der Waals surface area contributed by atoms with Crippen LogP contribution in [0.2, 0.25) is 0 Å². The summed E-state index contributed by atoms with van der Waals surface area (Å²) in [7, 11) is 1.61. The predicted molar refractivity (Wildman–Crippen MR) is 89.1 cm³/mol. The number of hydrogen-bond donors (Lipinski definition) is 1. The summed E-state index contributed by atoms with van der Waals surface area (Å²) in [4.78, 5) is 19.2. The molecule has 0 fully saturated rings. The Labute approximate surface area is 132 Å². The number of para-hydroxylation sites is 2. The lowest BCUT2D eigenvalue weighted by molar-refractivity contribution is 0.415. The van der Waals surface area contributed by atoms with Crippen molar-refractivity contribution < 1.29 is 4.74 Å². The summed E-state index contributed by atoms with van der Waals surface area (Å²) in [5, 5.41) is 0.289. The van der Waals surface area contributed by atoms with E-state index in [1.165, 1.54) is 0 Å². The number of aromatic amines is 1. The number of nitrogens with zero attached hydrogens (tertiary/aromatic N) is 1. The molecular weight excluding hydrogens is 300 g/mol. The van der Waals surface area contributed by atoms with Gasteiger partial charge in [-0.2, -0.15) is 0 Å². The number of halogens is 1. The van der Waals surface area contributed by atoms with Gasteiger partial charge in [-0.05, 0) is 35.9 Å². The van der Waals surface area contributed by atoms with Crippen LogP contribution in [0.15, 0.2) is 53.3 Å². The van der Waals surface area contributed by atoms with E-state index in [-0.39, 0.29) is 16.3 Å². The molecule has 0 bridgehead atoms. The van der Waals surface area contributed by atoms with Gasteiger partial charge in [-0.1, -0.05) is 35.9 Å². The molecule has 5 heteroatoms. The zero-order valence-electron chi connectivity index (χ0n) is 11.8. The summed E-state index contributed by atoms with van der Waals surface area (Å²) < 4.78 is 5.11. The first-order valence-corrected chi connectivity index (χ1v) is 7.06. The number of aromatic nitrogens is 2. The van der Waals surface area contributed by atoms with Gasteiger partial charge in [0.15, 0.2) is 0 Å². The fourth-order valence-corrected chi connectivity index (χ4v) is 2.36. The molecule has 0 aliphatic rings. The highest BCUT2D eigenvalue weighted by molar-refractivity contribution is 6.51. The van der Waals surface area contributed by atoms with Gasteiger partial charge in [-0.15, -0.1) is 0 Å². The van der Waals surface area contributed by atoms with Crippen molar-refractivity contribution in [3.8, 4) is 5.75 Å². The minimum atomic E-state index is -0.312. The Balaban J connectivity index is 2.03. The van der Waals surface area contributed by atoms with Gasteiger partial charge in [0, 0.05) is 0 Å². The topological polar surface area (TPSA) is 55.0 Å². The summed E-state index contributed by atoms with van der Waals surface area (Å²) in [6.07, 6.45) is 1.70. The van der Waals surface area contributed by atoms with E-state index in [1.54, 1.807) is 19.3 Å². The SMILES string of the molecule is COc1ccc(/C=C(/Cl)c2nc3ccccc3[nH]c2=O)cc1. The minimum absolute atomic E-state index is 0.205. The van der Waals surface area contributed by atoms with Crippen molar-refractivity contribution in [2.24, 2.45) is 0 Å². The molecule has 22 heavy (non-hydrogen) atoms. The van der Waals surface area contributed by atoms with Crippen molar-refractivity contribution in [3.05, 3.63) is 70.1 Å². The number of rotatable bonds is 3. The second-order valence-electron chi connectivity index (χ2n) is 4.70. The lowest BCUT2D eigenvalue weighted by Crippen LogP contribution is -2.13. The van der Waals surface area contributed by atoms with Crippen molar-refractivity contribution in [1.82, 2.24) is 9.97 Å². The van der Waals surface area contributed by atoms with Crippen LogP contribution in [0.4, 0.5) is 0 Å². The molecule has 0 saturated heterocycles. The summed E-state index contributed by atoms with van der Waals surface area (Å²) in [6.45, 7) is 0. The van der Waals surface area contributed by atoms with Gasteiger partial charge in [0.05, 0.1) is 23.2 Å². The first kappa shape index (κ1) is 14.4. The van der Waals surface area contributed by atoms with Crippen LogP contribution < -0.4 is 10.3 Å². The van der Waals surface area contributed by atoms with Crippen molar-refractivity contribution in [2.45, 2.75) is 0 Å². The van der Waals surface area contributed by atoms with Gasteiger partial charge < -0.3 is 9.72 Å². The molecule has 0 aliphatic carbocycles. The first-order chi connectivity index (χ1) is 10.7. The Hall–Kier alpha value is -2.59. The molecule has 3 rings (SSSR count). The Morgan fingerprint density at radius 2 is 1.91 bits per heavy atom. The van der Waals surface area contributed by atoms with Crippen molar-refractivity contribution in [3.63, 3.8) is 0 Å². The van der Waals surface area contributed by atoms with Gasteiger partial charge in [0.2, 0.25) is 0 Å². The highest BCUT2D eigenvalue weighted by Crippen LogP contribution is 2.21. The maximum atomic E-state index is 12.1. The maximum absolute atomic E-state index is 12.1. The number of nitrogens with one attached hydrogen (secondary N) is 1. The van der Waals surface area contributed by atoms with Crippen molar-refractivity contribution in [1.29, 1.82) is 0 Å². The van der Waals surface area contributed by atoms with Crippen LogP contribution in [-0.4, -0.2) is 17.1 Å². The molecule has 0 unspecified atom stereocenters. The quantitative estimate of drug-likeness (QED) is 0.803. The molecule has 2 aromatic carbocycles. The zero-order chi connectivity index (χ0) is 15.5. The van der Waals surface area contributed by atoms with Gasteiger partial charge in [0.1, 0.15) is 11.4 Å². The van der Waals surface area contributed by atoms with E-state index in [0.717, 1.165) is 11.3 Å². The average Bonchev–Trinajstić information content (AvgIpc) is 2.54. The van der Waals surface area contributed by atoms with Crippen LogP contribution in [0.1, 0.15) is 11.3 Å². The minimum Gasteiger partial charge on any atom is -0.497 e. The van der Waals surface area contributed by atoms with Gasteiger partial charge in [0.25, 0.3) is 5.56 Å². The van der Waals surface area contributed by atoms with E-state index in [2.05, 4.69) is 9.97 Å². The van der Waals surface area contributed by atoms with Crippen LogP contribution in [0.5, 0.6) is 5.75 Å².